The van der Waals surface area contributed by atoms with E-state index >= 15 is 0 Å². The second kappa shape index (κ2) is 6.24. The van der Waals surface area contributed by atoms with Crippen molar-refractivity contribution in [2.45, 2.75) is 25.5 Å². The number of aromatic nitrogens is 3. The number of nitrogens with zero attached hydrogens (tertiary/aromatic N) is 4. The molecule has 24 heavy (non-hydrogen) atoms. The van der Waals surface area contributed by atoms with Gasteiger partial charge in [0.1, 0.15) is 16.8 Å². The Labute approximate surface area is 141 Å². The molecule has 3 aromatic rings. The topological polar surface area (TPSA) is 60.1 Å². The number of halogens is 1. The van der Waals surface area contributed by atoms with Crippen molar-refractivity contribution in [1.29, 1.82) is 0 Å². The van der Waals surface area contributed by atoms with E-state index in [-0.39, 0.29) is 5.82 Å². The predicted molar refractivity (Wildman–Crippen MR) is 94.3 cm³/mol. The first-order valence-electron chi connectivity index (χ1n) is 7.40. The van der Waals surface area contributed by atoms with Crippen molar-refractivity contribution in [3.8, 4) is 5.69 Å². The van der Waals surface area contributed by atoms with Crippen LogP contribution in [-0.4, -0.2) is 29.9 Å². The van der Waals surface area contributed by atoms with Crippen LogP contribution in [0.15, 0.2) is 47.1 Å². The third kappa shape index (κ3) is 3.41. The summed E-state index contributed by atoms with van der Waals surface area (Å²) in [7, 11) is -1.33. The van der Waals surface area contributed by atoms with E-state index in [4.69, 9.17) is 0 Å². The summed E-state index contributed by atoms with van der Waals surface area (Å²) in [5.74, 6) is -0.293. The molecule has 7 heteroatoms. The lowest BCUT2D eigenvalue weighted by Crippen LogP contribution is -2.19. The highest BCUT2D eigenvalue weighted by Gasteiger charge is 2.18. The van der Waals surface area contributed by atoms with Crippen molar-refractivity contribution >= 4 is 28.1 Å². The monoisotopic (exact) mass is 344 g/mol. The maximum Gasteiger partial charge on any atom is 0.144 e. The highest BCUT2D eigenvalue weighted by molar-refractivity contribution is 7.85. The summed E-state index contributed by atoms with van der Waals surface area (Å²) in [4.78, 5) is 4.32. The second-order valence-electron chi connectivity index (χ2n) is 6.30. The lowest BCUT2D eigenvalue weighted by Gasteiger charge is -2.12. The first-order valence-corrected chi connectivity index (χ1v) is 8.51. The zero-order chi connectivity index (χ0) is 17.3. The standard InChI is InChI=1S/C17H17FN4OS/c1-17(2,3)24(23)21-10-14-8-12-9-20-22(16(12)11-19-14)15-6-4-13(18)5-7-15/h4-11H,1-3H3/t24-/m1/s1. The summed E-state index contributed by atoms with van der Waals surface area (Å²) in [6, 6.07) is 7.91. The van der Waals surface area contributed by atoms with Gasteiger partial charge in [-0.1, -0.05) is 0 Å². The minimum Gasteiger partial charge on any atom is -0.253 e. The summed E-state index contributed by atoms with van der Waals surface area (Å²) < 4.78 is 30.3. The molecule has 1 atom stereocenters. The third-order valence-corrected chi connectivity index (χ3v) is 4.70. The Morgan fingerprint density at radius 2 is 1.92 bits per heavy atom. The smallest absolute Gasteiger partial charge is 0.144 e. The molecule has 0 spiro atoms. The molecule has 3 rings (SSSR count). The van der Waals surface area contributed by atoms with E-state index in [2.05, 4.69) is 14.5 Å². The average Bonchev–Trinajstić information content (AvgIpc) is 2.95. The minimum absolute atomic E-state index is 0.293. The quantitative estimate of drug-likeness (QED) is 0.684. The van der Waals surface area contributed by atoms with Crippen molar-refractivity contribution in [2.75, 3.05) is 0 Å². The molecule has 0 bridgehead atoms. The van der Waals surface area contributed by atoms with Gasteiger partial charge < -0.3 is 0 Å². The van der Waals surface area contributed by atoms with Crippen LogP contribution in [0.5, 0.6) is 0 Å². The van der Waals surface area contributed by atoms with Gasteiger partial charge in [0.05, 0.1) is 40.3 Å². The highest BCUT2D eigenvalue weighted by atomic mass is 32.2. The fourth-order valence-electron chi connectivity index (χ4n) is 2.06. The summed E-state index contributed by atoms with van der Waals surface area (Å²) in [6.45, 7) is 5.59. The van der Waals surface area contributed by atoms with Crippen molar-refractivity contribution in [1.82, 2.24) is 14.8 Å². The van der Waals surface area contributed by atoms with Gasteiger partial charge in [-0.15, -0.1) is 0 Å². The number of fused-ring (bicyclic) bond motifs is 1. The summed E-state index contributed by atoms with van der Waals surface area (Å²) in [6.07, 6.45) is 4.89. The first-order chi connectivity index (χ1) is 11.3. The Bertz CT molecular complexity index is 926. The number of rotatable bonds is 3. The van der Waals surface area contributed by atoms with Crippen molar-refractivity contribution in [3.63, 3.8) is 0 Å². The van der Waals surface area contributed by atoms with E-state index in [9.17, 15) is 8.60 Å². The Hall–Kier alpha value is -2.41. The molecular weight excluding hydrogens is 327 g/mol. The molecule has 0 amide bonds. The van der Waals surface area contributed by atoms with Crippen LogP contribution in [0.1, 0.15) is 26.5 Å². The summed E-state index contributed by atoms with van der Waals surface area (Å²) in [5, 5.41) is 5.19. The molecule has 0 saturated carbocycles. The Morgan fingerprint density at radius 1 is 1.21 bits per heavy atom. The molecule has 0 saturated heterocycles. The van der Waals surface area contributed by atoms with Gasteiger partial charge in [0.2, 0.25) is 0 Å². The lowest BCUT2D eigenvalue weighted by molar-refractivity contribution is 0.627. The zero-order valence-corrected chi connectivity index (χ0v) is 14.4. The van der Waals surface area contributed by atoms with E-state index < -0.39 is 15.7 Å². The first kappa shape index (κ1) is 16.4. The van der Waals surface area contributed by atoms with Crippen LogP contribution >= 0.6 is 0 Å². The van der Waals surface area contributed by atoms with Gasteiger partial charge in [-0.05, 0) is 51.1 Å². The molecule has 0 aliphatic carbocycles. The minimum atomic E-state index is -1.33. The van der Waals surface area contributed by atoms with E-state index in [1.54, 1.807) is 29.2 Å². The SMILES string of the molecule is CC(C)(C)[S@@](=O)N=Cc1cc2cnn(-c3ccc(F)cc3)c2cn1. The normalized spacial score (nSPS) is 13.7. The molecule has 0 radical (unpaired) electrons. The van der Waals surface area contributed by atoms with Gasteiger partial charge in [-0.25, -0.2) is 13.3 Å². The fraction of sp³-hybridized carbons (Fsp3) is 0.235. The molecule has 5 nitrogen and oxygen atoms in total. The second-order valence-corrected chi connectivity index (χ2v) is 8.23. The average molecular weight is 344 g/mol. The van der Waals surface area contributed by atoms with Gasteiger partial charge in [0.15, 0.2) is 0 Å². The number of benzene rings is 1. The van der Waals surface area contributed by atoms with Crippen molar-refractivity contribution < 1.29 is 8.60 Å². The van der Waals surface area contributed by atoms with Crippen LogP contribution in [-0.2, 0) is 11.0 Å². The Morgan fingerprint density at radius 3 is 2.58 bits per heavy atom. The zero-order valence-electron chi connectivity index (χ0n) is 13.6. The van der Waals surface area contributed by atoms with Crippen molar-refractivity contribution in [2.24, 2.45) is 4.40 Å². The molecule has 0 N–H and O–H groups in total. The number of hydrogen-bond acceptors (Lipinski definition) is 3. The van der Waals surface area contributed by atoms with Crippen LogP contribution in [0.25, 0.3) is 16.6 Å². The highest BCUT2D eigenvalue weighted by Crippen LogP contribution is 2.18. The maximum atomic E-state index is 13.0. The molecule has 0 unspecified atom stereocenters. The molecule has 2 aromatic heterocycles. The van der Waals surface area contributed by atoms with Crippen LogP contribution < -0.4 is 0 Å². The van der Waals surface area contributed by atoms with E-state index in [0.717, 1.165) is 16.6 Å². The third-order valence-electron chi connectivity index (χ3n) is 3.35. The van der Waals surface area contributed by atoms with Crippen LogP contribution in [0, 0.1) is 5.82 Å². The van der Waals surface area contributed by atoms with Gasteiger partial charge in [-0.2, -0.15) is 9.50 Å². The van der Waals surface area contributed by atoms with Gasteiger partial charge in [-0.3, -0.25) is 4.98 Å². The van der Waals surface area contributed by atoms with Gasteiger partial charge >= 0.3 is 0 Å². The molecule has 2 heterocycles. The largest absolute Gasteiger partial charge is 0.253 e. The molecule has 124 valence electrons. The lowest BCUT2D eigenvalue weighted by atomic mass is 10.2. The molecule has 0 fully saturated rings. The molecule has 0 aliphatic heterocycles. The van der Waals surface area contributed by atoms with E-state index in [1.165, 1.54) is 18.3 Å². The number of hydrogen-bond donors (Lipinski definition) is 0. The van der Waals surface area contributed by atoms with Crippen LogP contribution in [0.3, 0.4) is 0 Å². The summed E-state index contributed by atoms with van der Waals surface area (Å²) >= 11 is 0. The van der Waals surface area contributed by atoms with Crippen molar-refractivity contribution in [3.05, 3.63) is 54.2 Å². The van der Waals surface area contributed by atoms with E-state index in [0.29, 0.717) is 5.69 Å². The maximum absolute atomic E-state index is 13.0. The van der Waals surface area contributed by atoms with Crippen LogP contribution in [0.4, 0.5) is 4.39 Å². The number of pyridine rings is 1. The van der Waals surface area contributed by atoms with Crippen LogP contribution in [0.2, 0.25) is 0 Å². The molecule has 0 aliphatic rings. The van der Waals surface area contributed by atoms with Gasteiger partial charge in [0.25, 0.3) is 0 Å². The molecular formula is C17H17FN4OS. The fourth-order valence-corrected chi connectivity index (χ4v) is 2.58. The van der Waals surface area contributed by atoms with E-state index in [1.807, 2.05) is 26.8 Å². The Kier molecular flexibility index (Phi) is 4.28. The predicted octanol–water partition coefficient (Wildman–Crippen LogP) is 3.44. The Balaban J connectivity index is 1.92. The van der Waals surface area contributed by atoms with Gasteiger partial charge in [0, 0.05) is 5.39 Å². The molecule has 1 aromatic carbocycles. The summed E-state index contributed by atoms with van der Waals surface area (Å²) in [5.41, 5.74) is 2.16.